The smallest absolute Gasteiger partial charge is 0.262 e. The van der Waals surface area contributed by atoms with E-state index < -0.39 is 41.0 Å². The van der Waals surface area contributed by atoms with Crippen molar-refractivity contribution in [2.24, 2.45) is 0 Å². The van der Waals surface area contributed by atoms with Crippen molar-refractivity contribution in [1.82, 2.24) is 20.4 Å². The number of benzene rings is 2. The topological polar surface area (TPSA) is 76.0 Å². The van der Waals surface area contributed by atoms with Gasteiger partial charge in [0.15, 0.2) is 17.5 Å². The van der Waals surface area contributed by atoms with E-state index >= 15 is 0 Å². The Morgan fingerprint density at radius 3 is 2.40 bits per heavy atom. The summed E-state index contributed by atoms with van der Waals surface area (Å²) in [4.78, 5) is 28.7. The third kappa shape index (κ3) is 6.69. The minimum absolute atomic E-state index is 0.0996. The number of hydrazine groups is 1. The van der Waals surface area contributed by atoms with Gasteiger partial charge in [-0.25, -0.2) is 22.5 Å². The molecule has 0 spiro atoms. The molecule has 0 aliphatic heterocycles. The maximum atomic E-state index is 14.4. The van der Waals surface area contributed by atoms with Crippen molar-refractivity contribution in [3.63, 3.8) is 0 Å². The Bertz CT molecular complexity index is 1240. The molecule has 1 aromatic heterocycles. The van der Waals surface area contributed by atoms with Crippen molar-refractivity contribution in [1.29, 1.82) is 0 Å². The minimum Gasteiger partial charge on any atom is -0.303 e. The van der Waals surface area contributed by atoms with Crippen molar-refractivity contribution >= 4 is 29.5 Å². The van der Waals surface area contributed by atoms with Gasteiger partial charge >= 0.3 is 0 Å². The highest BCUT2D eigenvalue weighted by atomic mass is 35.5. The number of carbonyl (C=O) groups excluding carboxylic acids is 2. The lowest BCUT2D eigenvalue weighted by Crippen LogP contribution is -2.43. The molecule has 2 amide bonds. The van der Waals surface area contributed by atoms with Gasteiger partial charge in [0, 0.05) is 18.2 Å². The van der Waals surface area contributed by atoms with Crippen molar-refractivity contribution in [3.8, 4) is 5.69 Å². The van der Waals surface area contributed by atoms with Gasteiger partial charge in [-0.3, -0.25) is 20.4 Å². The largest absolute Gasteiger partial charge is 0.303 e. The molecule has 6 nitrogen and oxygen atoms in total. The summed E-state index contributed by atoms with van der Waals surface area (Å²) in [5, 5.41) is 0. The number of rotatable bonds is 8. The summed E-state index contributed by atoms with van der Waals surface area (Å²) in [7, 11) is 0. The summed E-state index contributed by atoms with van der Waals surface area (Å²) < 4.78 is 56.5. The first-order valence-corrected chi connectivity index (χ1v) is 11.0. The SMILES string of the molecule is Cc1cn(-c2ccc(/C=C/C(=O)NNC(=O)C(CCCCl)c3cc(F)c(F)c(F)c3)cc2F)cn1. The van der Waals surface area contributed by atoms with Gasteiger partial charge in [0.05, 0.1) is 23.6 Å². The molecule has 1 unspecified atom stereocenters. The highest BCUT2D eigenvalue weighted by Gasteiger charge is 2.24. The highest BCUT2D eigenvalue weighted by Crippen LogP contribution is 2.25. The third-order valence-electron chi connectivity index (χ3n) is 5.05. The van der Waals surface area contributed by atoms with Crippen LogP contribution in [0, 0.1) is 30.2 Å². The van der Waals surface area contributed by atoms with Crippen LogP contribution in [-0.2, 0) is 9.59 Å². The van der Waals surface area contributed by atoms with Gasteiger partial charge < -0.3 is 4.57 Å². The number of nitrogens with zero attached hydrogens (tertiary/aromatic N) is 2. The number of hydrogen-bond acceptors (Lipinski definition) is 3. The van der Waals surface area contributed by atoms with Gasteiger partial charge in [-0.15, -0.1) is 11.6 Å². The Kier molecular flexibility index (Phi) is 8.64. The summed E-state index contributed by atoms with van der Waals surface area (Å²) >= 11 is 5.66. The monoisotopic (exact) mass is 508 g/mol. The quantitative estimate of drug-likeness (QED) is 0.152. The number of halogens is 5. The van der Waals surface area contributed by atoms with Crippen LogP contribution in [0.15, 0.2) is 48.9 Å². The lowest BCUT2D eigenvalue weighted by Gasteiger charge is -2.17. The summed E-state index contributed by atoms with van der Waals surface area (Å²) in [6.07, 6.45) is 5.99. The molecule has 1 heterocycles. The fourth-order valence-corrected chi connectivity index (χ4v) is 3.47. The van der Waals surface area contributed by atoms with Gasteiger partial charge in [-0.05, 0) is 61.2 Å². The Morgan fingerprint density at radius 1 is 1.09 bits per heavy atom. The molecule has 2 aromatic carbocycles. The number of alkyl halides is 1. The molecule has 35 heavy (non-hydrogen) atoms. The van der Waals surface area contributed by atoms with Gasteiger partial charge in [0.1, 0.15) is 5.82 Å². The highest BCUT2D eigenvalue weighted by molar-refractivity contribution is 6.17. The fraction of sp³-hybridized carbons (Fsp3) is 0.208. The zero-order valence-corrected chi connectivity index (χ0v) is 19.3. The Hall–Kier alpha value is -3.66. The number of imidazole rings is 1. The number of hydrogen-bond donors (Lipinski definition) is 2. The summed E-state index contributed by atoms with van der Waals surface area (Å²) in [6.45, 7) is 1.78. The molecule has 3 rings (SSSR count). The molecule has 0 fully saturated rings. The van der Waals surface area contributed by atoms with E-state index in [2.05, 4.69) is 15.8 Å². The molecule has 0 radical (unpaired) electrons. The molecule has 2 N–H and O–H groups in total. The number of aryl methyl sites for hydroxylation is 1. The van der Waals surface area contributed by atoms with Crippen LogP contribution in [-0.4, -0.2) is 27.2 Å². The number of amides is 2. The fourth-order valence-electron chi connectivity index (χ4n) is 3.32. The summed E-state index contributed by atoms with van der Waals surface area (Å²) in [5.41, 5.74) is 5.62. The predicted octanol–water partition coefficient (Wildman–Crippen LogP) is 4.70. The first-order chi connectivity index (χ1) is 16.7. The van der Waals surface area contributed by atoms with Gasteiger partial charge in [0.25, 0.3) is 5.91 Å². The van der Waals surface area contributed by atoms with Crippen LogP contribution in [0.25, 0.3) is 11.8 Å². The number of aromatic nitrogens is 2. The van der Waals surface area contributed by atoms with Crippen LogP contribution in [0.2, 0.25) is 0 Å². The van der Waals surface area contributed by atoms with E-state index in [-0.39, 0.29) is 23.6 Å². The molecular weight excluding hydrogens is 488 g/mol. The van der Waals surface area contributed by atoms with E-state index in [0.29, 0.717) is 12.0 Å². The van der Waals surface area contributed by atoms with Crippen LogP contribution in [0.1, 0.15) is 35.6 Å². The number of nitrogens with one attached hydrogen (secondary N) is 2. The number of carbonyl (C=O) groups is 2. The van der Waals surface area contributed by atoms with E-state index in [9.17, 15) is 27.2 Å². The molecule has 0 saturated carbocycles. The lowest BCUT2D eigenvalue weighted by molar-refractivity contribution is -0.127. The Balaban J connectivity index is 1.64. The van der Waals surface area contributed by atoms with Crippen molar-refractivity contribution < 1.29 is 27.2 Å². The molecule has 0 aliphatic carbocycles. The van der Waals surface area contributed by atoms with Crippen LogP contribution >= 0.6 is 11.6 Å². The van der Waals surface area contributed by atoms with Gasteiger partial charge in [-0.1, -0.05) is 6.07 Å². The molecular formula is C24H21ClF4N4O2. The van der Waals surface area contributed by atoms with Crippen molar-refractivity contribution in [2.45, 2.75) is 25.7 Å². The molecule has 0 saturated heterocycles. The first-order valence-electron chi connectivity index (χ1n) is 10.5. The zero-order chi connectivity index (χ0) is 25.5. The average molecular weight is 509 g/mol. The molecule has 1 atom stereocenters. The van der Waals surface area contributed by atoms with E-state index in [0.717, 1.165) is 23.9 Å². The van der Waals surface area contributed by atoms with Crippen LogP contribution in [0.5, 0.6) is 0 Å². The van der Waals surface area contributed by atoms with Gasteiger partial charge in [0.2, 0.25) is 5.91 Å². The molecule has 184 valence electrons. The summed E-state index contributed by atoms with van der Waals surface area (Å²) in [5.74, 6) is -7.45. The normalized spacial score (nSPS) is 12.1. The molecule has 11 heteroatoms. The first kappa shape index (κ1) is 26.0. The Morgan fingerprint density at radius 2 is 1.80 bits per heavy atom. The van der Waals surface area contributed by atoms with Gasteiger partial charge in [-0.2, -0.15) is 0 Å². The zero-order valence-electron chi connectivity index (χ0n) is 18.5. The van der Waals surface area contributed by atoms with E-state index in [1.54, 1.807) is 19.2 Å². The van der Waals surface area contributed by atoms with Crippen LogP contribution in [0.4, 0.5) is 17.6 Å². The third-order valence-corrected chi connectivity index (χ3v) is 5.32. The second-order valence-electron chi connectivity index (χ2n) is 7.63. The van der Waals surface area contributed by atoms with E-state index in [4.69, 9.17) is 11.6 Å². The predicted molar refractivity (Wildman–Crippen MR) is 123 cm³/mol. The van der Waals surface area contributed by atoms with Crippen LogP contribution < -0.4 is 10.9 Å². The molecule has 3 aromatic rings. The standard InChI is InChI=1S/C24H21ClF4N4O2/c1-14-12-33(13-30-14)21-6-4-15(9-18(21)26)5-7-22(34)31-32-24(35)17(3-2-8-25)16-10-19(27)23(29)20(28)11-16/h4-7,9-13,17H,2-3,8H2,1H3,(H,31,34)(H,32,35)/b7-5+. The van der Waals surface area contributed by atoms with Crippen LogP contribution in [0.3, 0.4) is 0 Å². The second-order valence-corrected chi connectivity index (χ2v) is 8.01. The summed E-state index contributed by atoms with van der Waals surface area (Å²) in [6, 6.07) is 5.80. The Labute approximate surface area is 203 Å². The van der Waals surface area contributed by atoms with Crippen molar-refractivity contribution in [3.05, 3.63) is 89.0 Å². The van der Waals surface area contributed by atoms with E-state index in [1.165, 1.54) is 29.1 Å². The molecule has 0 aliphatic rings. The second kappa shape index (κ2) is 11.7. The maximum Gasteiger partial charge on any atom is 0.262 e. The lowest BCUT2D eigenvalue weighted by atomic mass is 9.93. The van der Waals surface area contributed by atoms with Crippen molar-refractivity contribution in [2.75, 3.05) is 5.88 Å². The average Bonchev–Trinajstić information content (AvgIpc) is 3.25. The van der Waals surface area contributed by atoms with E-state index in [1.807, 2.05) is 0 Å². The minimum atomic E-state index is -1.65. The maximum absolute atomic E-state index is 14.4. The molecule has 0 bridgehead atoms.